The fourth-order valence-electron chi connectivity index (χ4n) is 2.62. The summed E-state index contributed by atoms with van der Waals surface area (Å²) in [4.78, 5) is 26.7. The molecule has 0 spiro atoms. The lowest BCUT2D eigenvalue weighted by molar-refractivity contribution is -0.142. The largest absolute Gasteiger partial charge is 0.480 e. The molecule has 0 fully saturated rings. The van der Waals surface area contributed by atoms with Gasteiger partial charge in [-0.2, -0.15) is 0 Å². The third-order valence-electron chi connectivity index (χ3n) is 4.10. The molecule has 0 aromatic carbocycles. The molecule has 0 radical (unpaired) electrons. The van der Waals surface area contributed by atoms with Gasteiger partial charge in [0.25, 0.3) is 0 Å². The molecule has 6 N–H and O–H groups in total. The van der Waals surface area contributed by atoms with Gasteiger partial charge in [0.1, 0.15) is 6.04 Å². The fraction of sp³-hybridized carbons (Fsp3) is 0.833. The summed E-state index contributed by atoms with van der Waals surface area (Å²) in [6.45, 7) is 2.40. The van der Waals surface area contributed by atoms with Crippen LogP contribution < -0.4 is 16.8 Å². The molecule has 0 saturated heterocycles. The maximum atomic E-state index is 11.8. The van der Waals surface area contributed by atoms with Crippen molar-refractivity contribution in [3.8, 4) is 0 Å². The van der Waals surface area contributed by atoms with Crippen molar-refractivity contribution in [2.45, 2.75) is 90.0 Å². The van der Waals surface area contributed by atoms with E-state index in [4.69, 9.17) is 16.6 Å². The Hall–Kier alpha value is -1.79. The molecule has 1 amide bonds. The number of hydrogen-bond donors (Lipinski definition) is 4. The Morgan fingerprint density at radius 2 is 1.48 bits per heavy atom. The summed E-state index contributed by atoms with van der Waals surface area (Å²) in [5.74, 6) is -1.38. The molecule has 0 aromatic rings. The highest BCUT2D eigenvalue weighted by molar-refractivity contribution is 5.83. The maximum Gasteiger partial charge on any atom is 0.326 e. The van der Waals surface area contributed by atoms with Gasteiger partial charge in [0, 0.05) is 13.0 Å². The van der Waals surface area contributed by atoms with Gasteiger partial charge in [0.05, 0.1) is 0 Å². The molecule has 0 unspecified atom stereocenters. The number of carbonyl (C=O) groups excluding carboxylic acids is 1. The standard InChI is InChI=1S/C18H36N4O3/c1-2-3-4-5-6-7-8-9-10-11-12-16(23)22-15(17(24)25)13-14-21-18(19)20/h15H,2-14H2,1H3,(H,22,23)(H,24,25)(H4,19,20,21)/t15-/m0/s1. The van der Waals surface area contributed by atoms with Crippen LogP contribution in [0.2, 0.25) is 0 Å². The van der Waals surface area contributed by atoms with Crippen LogP contribution in [0.4, 0.5) is 0 Å². The summed E-state index contributed by atoms with van der Waals surface area (Å²) >= 11 is 0. The highest BCUT2D eigenvalue weighted by atomic mass is 16.4. The Bertz CT molecular complexity index is 396. The molecule has 25 heavy (non-hydrogen) atoms. The Morgan fingerprint density at radius 3 is 1.96 bits per heavy atom. The van der Waals surface area contributed by atoms with Crippen LogP contribution in [-0.2, 0) is 9.59 Å². The van der Waals surface area contributed by atoms with Gasteiger partial charge >= 0.3 is 5.97 Å². The first-order valence-electron chi connectivity index (χ1n) is 9.55. The van der Waals surface area contributed by atoms with Crippen LogP contribution in [0.25, 0.3) is 0 Å². The van der Waals surface area contributed by atoms with E-state index in [1.807, 2.05) is 0 Å². The molecule has 0 bridgehead atoms. The van der Waals surface area contributed by atoms with Gasteiger partial charge in [-0.05, 0) is 12.8 Å². The smallest absolute Gasteiger partial charge is 0.326 e. The van der Waals surface area contributed by atoms with Gasteiger partial charge in [0.15, 0.2) is 5.96 Å². The maximum absolute atomic E-state index is 11.8. The number of unbranched alkanes of at least 4 members (excludes halogenated alkanes) is 9. The predicted molar refractivity (Wildman–Crippen MR) is 101 cm³/mol. The minimum atomic E-state index is -1.07. The summed E-state index contributed by atoms with van der Waals surface area (Å²) in [7, 11) is 0. The number of nitrogens with zero attached hydrogens (tertiary/aromatic N) is 1. The summed E-state index contributed by atoms with van der Waals surface area (Å²) in [6.07, 6.45) is 12.5. The fourth-order valence-corrected chi connectivity index (χ4v) is 2.62. The van der Waals surface area contributed by atoms with Gasteiger partial charge < -0.3 is 21.9 Å². The zero-order valence-corrected chi connectivity index (χ0v) is 15.6. The number of carbonyl (C=O) groups is 2. The van der Waals surface area contributed by atoms with Crippen molar-refractivity contribution in [2.75, 3.05) is 6.54 Å². The average molecular weight is 357 g/mol. The minimum absolute atomic E-state index is 0.0826. The Kier molecular flexibility index (Phi) is 14.6. The first-order chi connectivity index (χ1) is 12.0. The number of nitrogens with one attached hydrogen (secondary N) is 1. The first kappa shape index (κ1) is 23.2. The second-order valence-corrected chi connectivity index (χ2v) is 6.49. The number of aliphatic carboxylic acids is 1. The normalized spacial score (nSPS) is 11.7. The number of guanidine groups is 1. The van der Waals surface area contributed by atoms with E-state index >= 15 is 0 Å². The Morgan fingerprint density at radius 1 is 0.960 bits per heavy atom. The number of aliphatic imine (C=N–C) groups is 1. The van der Waals surface area contributed by atoms with Gasteiger partial charge in [-0.1, -0.05) is 64.7 Å². The number of rotatable bonds is 16. The van der Waals surface area contributed by atoms with E-state index in [0.29, 0.717) is 6.42 Å². The number of carboxylic acid groups (broad SMARTS) is 1. The summed E-state index contributed by atoms with van der Waals surface area (Å²) < 4.78 is 0. The Balaban J connectivity index is 3.69. The van der Waals surface area contributed by atoms with Crippen molar-refractivity contribution >= 4 is 17.8 Å². The average Bonchev–Trinajstić information content (AvgIpc) is 2.55. The summed E-state index contributed by atoms with van der Waals surface area (Å²) in [6, 6.07) is -0.946. The second-order valence-electron chi connectivity index (χ2n) is 6.49. The van der Waals surface area contributed by atoms with Crippen LogP contribution in [0.1, 0.15) is 84.0 Å². The molecular weight excluding hydrogens is 320 g/mol. The molecule has 0 aliphatic carbocycles. The van der Waals surface area contributed by atoms with Crippen molar-refractivity contribution in [3.63, 3.8) is 0 Å². The summed E-state index contributed by atoms with van der Waals surface area (Å²) in [5.41, 5.74) is 10.4. The van der Waals surface area contributed by atoms with Crippen molar-refractivity contribution in [2.24, 2.45) is 16.5 Å². The lowest BCUT2D eigenvalue weighted by Crippen LogP contribution is -2.41. The number of carboxylic acids is 1. The van der Waals surface area contributed by atoms with Crippen LogP contribution in [0.5, 0.6) is 0 Å². The molecule has 0 heterocycles. The van der Waals surface area contributed by atoms with Crippen LogP contribution in [0, 0.1) is 0 Å². The topological polar surface area (TPSA) is 131 Å². The highest BCUT2D eigenvalue weighted by Crippen LogP contribution is 2.11. The molecule has 0 aromatic heterocycles. The van der Waals surface area contributed by atoms with Gasteiger partial charge in [0.2, 0.25) is 5.91 Å². The molecule has 0 rings (SSSR count). The SMILES string of the molecule is CCCCCCCCCCCCC(=O)N[C@@H](CCN=C(N)N)C(=O)O. The van der Waals surface area contributed by atoms with Gasteiger partial charge in [-0.15, -0.1) is 0 Å². The molecule has 7 heteroatoms. The van der Waals surface area contributed by atoms with Crippen LogP contribution >= 0.6 is 0 Å². The van der Waals surface area contributed by atoms with Crippen molar-refractivity contribution in [1.29, 1.82) is 0 Å². The molecule has 7 nitrogen and oxygen atoms in total. The third kappa shape index (κ3) is 15.5. The van der Waals surface area contributed by atoms with E-state index < -0.39 is 12.0 Å². The monoisotopic (exact) mass is 356 g/mol. The van der Waals surface area contributed by atoms with Crippen molar-refractivity contribution < 1.29 is 14.7 Å². The lowest BCUT2D eigenvalue weighted by atomic mass is 10.1. The highest BCUT2D eigenvalue weighted by Gasteiger charge is 2.18. The predicted octanol–water partition coefficient (Wildman–Crippen LogP) is 2.53. The van der Waals surface area contributed by atoms with Crippen LogP contribution in [-0.4, -0.2) is 35.5 Å². The van der Waals surface area contributed by atoms with Crippen LogP contribution in [0.3, 0.4) is 0 Å². The number of hydrogen-bond acceptors (Lipinski definition) is 3. The van der Waals surface area contributed by atoms with Crippen molar-refractivity contribution in [1.82, 2.24) is 5.32 Å². The van der Waals surface area contributed by atoms with Gasteiger partial charge in [-0.25, -0.2) is 4.79 Å². The van der Waals surface area contributed by atoms with E-state index in [0.717, 1.165) is 19.3 Å². The second kappa shape index (κ2) is 15.7. The number of nitrogens with two attached hydrogens (primary N) is 2. The van der Waals surface area contributed by atoms with E-state index in [9.17, 15) is 9.59 Å². The van der Waals surface area contributed by atoms with E-state index in [2.05, 4.69) is 17.2 Å². The lowest BCUT2D eigenvalue weighted by Gasteiger charge is -2.13. The zero-order valence-electron chi connectivity index (χ0n) is 15.6. The van der Waals surface area contributed by atoms with E-state index in [1.54, 1.807) is 0 Å². The van der Waals surface area contributed by atoms with E-state index in [-0.39, 0.29) is 24.8 Å². The molecule has 146 valence electrons. The number of amides is 1. The van der Waals surface area contributed by atoms with Crippen LogP contribution in [0.15, 0.2) is 4.99 Å². The van der Waals surface area contributed by atoms with Gasteiger partial charge in [-0.3, -0.25) is 9.79 Å². The quantitative estimate of drug-likeness (QED) is 0.192. The van der Waals surface area contributed by atoms with Crippen molar-refractivity contribution in [3.05, 3.63) is 0 Å². The summed E-state index contributed by atoms with van der Waals surface area (Å²) in [5, 5.41) is 11.6. The third-order valence-corrected chi connectivity index (χ3v) is 4.10. The Labute approximate surface area is 151 Å². The molecule has 0 aliphatic heterocycles. The minimum Gasteiger partial charge on any atom is -0.480 e. The molecule has 0 aliphatic rings. The molecule has 1 atom stereocenters. The first-order valence-corrected chi connectivity index (χ1v) is 9.55. The molecular formula is C18H36N4O3. The van der Waals surface area contributed by atoms with E-state index in [1.165, 1.54) is 44.9 Å². The molecule has 0 saturated carbocycles. The zero-order chi connectivity index (χ0) is 18.9.